The summed E-state index contributed by atoms with van der Waals surface area (Å²) in [6.45, 7) is 3.80. The van der Waals surface area contributed by atoms with Crippen molar-refractivity contribution in [2.45, 2.75) is 90.4 Å². The van der Waals surface area contributed by atoms with Gasteiger partial charge >= 0.3 is 6.09 Å². The lowest BCUT2D eigenvalue weighted by Gasteiger charge is -2.12. The molecule has 0 radical (unpaired) electrons. The fraction of sp³-hybridized carbons (Fsp3) is 0.900. The monoisotopic (exact) mass is 354 g/mol. The number of carbonyl (C=O) groups excluding carboxylic acids is 1. The molecule has 5 heteroatoms. The van der Waals surface area contributed by atoms with Gasteiger partial charge in [-0.3, -0.25) is 4.79 Å². The summed E-state index contributed by atoms with van der Waals surface area (Å²) in [5.41, 5.74) is 0. The average molecular weight is 355 g/mol. The predicted molar refractivity (Wildman–Crippen MR) is 102 cm³/mol. The van der Waals surface area contributed by atoms with Crippen molar-refractivity contribution in [1.29, 1.82) is 0 Å². The van der Waals surface area contributed by atoms with Crippen molar-refractivity contribution in [1.82, 2.24) is 10.2 Å². The highest BCUT2D eigenvalue weighted by Crippen LogP contribution is 2.16. The molecule has 0 aromatic rings. The summed E-state index contributed by atoms with van der Waals surface area (Å²) in [4.78, 5) is 24.2. The van der Waals surface area contributed by atoms with Crippen molar-refractivity contribution in [3.05, 3.63) is 0 Å². The van der Waals surface area contributed by atoms with Crippen LogP contribution in [0.4, 0.5) is 4.79 Å². The van der Waals surface area contributed by atoms with Gasteiger partial charge in [0, 0.05) is 19.6 Å². The first-order valence-electron chi connectivity index (χ1n) is 10.4. The van der Waals surface area contributed by atoms with E-state index < -0.39 is 6.09 Å². The highest BCUT2D eigenvalue weighted by Gasteiger charge is 2.30. The molecule has 0 spiro atoms. The number of rotatable bonds is 14. The highest BCUT2D eigenvalue weighted by atomic mass is 16.4. The second-order valence-electron chi connectivity index (χ2n) is 7.39. The Morgan fingerprint density at radius 3 is 1.92 bits per heavy atom. The zero-order chi connectivity index (χ0) is 18.3. The van der Waals surface area contributed by atoms with E-state index in [0.29, 0.717) is 19.5 Å². The molecule has 1 atom stereocenters. The molecule has 2 N–H and O–H groups in total. The first kappa shape index (κ1) is 21.8. The predicted octanol–water partition coefficient (Wildman–Crippen LogP) is 4.80. The summed E-state index contributed by atoms with van der Waals surface area (Å²) in [7, 11) is 0. The molecule has 0 aromatic carbocycles. The summed E-state index contributed by atoms with van der Waals surface area (Å²) in [5.74, 6) is -0.139. The Balaban J connectivity index is 1.84. The van der Waals surface area contributed by atoms with Gasteiger partial charge in [0.1, 0.15) is 0 Å². The number of carboxylic acid groups (broad SMARTS) is 1. The van der Waals surface area contributed by atoms with Crippen molar-refractivity contribution in [2.24, 2.45) is 5.92 Å². The van der Waals surface area contributed by atoms with E-state index in [-0.39, 0.29) is 11.8 Å². The lowest BCUT2D eigenvalue weighted by molar-refractivity contribution is -0.124. The van der Waals surface area contributed by atoms with Crippen LogP contribution >= 0.6 is 0 Å². The zero-order valence-corrected chi connectivity index (χ0v) is 16.1. The van der Waals surface area contributed by atoms with Crippen LogP contribution in [0, 0.1) is 5.92 Å². The highest BCUT2D eigenvalue weighted by molar-refractivity contribution is 5.80. The minimum absolute atomic E-state index is 0.0202. The van der Waals surface area contributed by atoms with E-state index in [9.17, 15) is 9.59 Å². The fourth-order valence-electron chi connectivity index (χ4n) is 3.47. The number of nitrogens with zero attached hydrogens (tertiary/aromatic N) is 1. The maximum Gasteiger partial charge on any atom is 0.407 e. The third-order valence-corrected chi connectivity index (χ3v) is 5.16. The summed E-state index contributed by atoms with van der Waals surface area (Å²) in [6.07, 6.45) is 15.5. The second kappa shape index (κ2) is 14.0. The van der Waals surface area contributed by atoms with Crippen LogP contribution in [0.2, 0.25) is 0 Å². The molecule has 1 fully saturated rings. The van der Waals surface area contributed by atoms with Crippen molar-refractivity contribution in [3.63, 3.8) is 0 Å². The van der Waals surface area contributed by atoms with Gasteiger partial charge in [-0.15, -0.1) is 0 Å². The molecule has 1 heterocycles. The normalized spacial score (nSPS) is 17.0. The molecule has 0 bridgehead atoms. The fourth-order valence-corrected chi connectivity index (χ4v) is 3.47. The van der Waals surface area contributed by atoms with E-state index in [2.05, 4.69) is 12.2 Å². The van der Waals surface area contributed by atoms with E-state index in [0.717, 1.165) is 13.0 Å². The SMILES string of the molecule is CCCCCCCCCCCCCCNC(=O)C1CCN(C(=O)O)C1. The van der Waals surface area contributed by atoms with Gasteiger partial charge in [0.05, 0.1) is 5.92 Å². The Morgan fingerprint density at radius 1 is 0.920 bits per heavy atom. The molecule has 1 aliphatic heterocycles. The van der Waals surface area contributed by atoms with Crippen LogP contribution in [0.15, 0.2) is 0 Å². The number of hydrogen-bond acceptors (Lipinski definition) is 2. The van der Waals surface area contributed by atoms with Gasteiger partial charge in [-0.1, -0.05) is 77.6 Å². The smallest absolute Gasteiger partial charge is 0.407 e. The van der Waals surface area contributed by atoms with Crippen molar-refractivity contribution in [2.75, 3.05) is 19.6 Å². The quantitative estimate of drug-likeness (QED) is 0.440. The summed E-state index contributed by atoms with van der Waals surface area (Å²) in [6, 6.07) is 0. The molecule has 5 nitrogen and oxygen atoms in total. The van der Waals surface area contributed by atoms with Gasteiger partial charge in [-0.2, -0.15) is 0 Å². The average Bonchev–Trinajstić information content (AvgIpc) is 3.09. The van der Waals surface area contributed by atoms with Crippen LogP contribution in [0.25, 0.3) is 0 Å². The Kier molecular flexibility index (Phi) is 12.2. The van der Waals surface area contributed by atoms with Crippen LogP contribution in [0.3, 0.4) is 0 Å². The Labute approximate surface area is 153 Å². The minimum Gasteiger partial charge on any atom is -0.465 e. The molecular formula is C20H38N2O3. The number of amides is 2. The van der Waals surface area contributed by atoms with Crippen molar-refractivity contribution in [3.8, 4) is 0 Å². The number of nitrogens with one attached hydrogen (secondary N) is 1. The lowest BCUT2D eigenvalue weighted by Crippen LogP contribution is -2.34. The van der Waals surface area contributed by atoms with Gasteiger partial charge < -0.3 is 15.3 Å². The zero-order valence-electron chi connectivity index (χ0n) is 16.1. The Bertz CT molecular complexity index is 374. The van der Waals surface area contributed by atoms with Gasteiger partial charge in [0.15, 0.2) is 0 Å². The van der Waals surface area contributed by atoms with Crippen LogP contribution in [0.5, 0.6) is 0 Å². The van der Waals surface area contributed by atoms with Crippen LogP contribution in [-0.2, 0) is 4.79 Å². The molecule has 1 rings (SSSR count). The maximum absolute atomic E-state index is 12.0. The third kappa shape index (κ3) is 10.4. The van der Waals surface area contributed by atoms with Gasteiger partial charge in [0.25, 0.3) is 0 Å². The van der Waals surface area contributed by atoms with Crippen LogP contribution in [-0.4, -0.2) is 41.6 Å². The van der Waals surface area contributed by atoms with E-state index >= 15 is 0 Å². The second-order valence-corrected chi connectivity index (χ2v) is 7.39. The molecule has 0 aromatic heterocycles. The standard InChI is InChI=1S/C20H38N2O3/c1-2-3-4-5-6-7-8-9-10-11-12-13-15-21-19(23)18-14-16-22(17-18)20(24)25/h18H,2-17H2,1H3,(H,21,23)(H,24,25). The molecule has 1 unspecified atom stereocenters. The molecule has 1 saturated heterocycles. The Hall–Kier alpha value is -1.26. The number of carbonyl (C=O) groups is 2. The molecule has 2 amide bonds. The number of likely N-dealkylation sites (tertiary alicyclic amines) is 1. The maximum atomic E-state index is 12.0. The van der Waals surface area contributed by atoms with E-state index in [1.807, 2.05) is 0 Å². The van der Waals surface area contributed by atoms with E-state index in [1.54, 1.807) is 0 Å². The van der Waals surface area contributed by atoms with Crippen molar-refractivity contribution >= 4 is 12.0 Å². The van der Waals surface area contributed by atoms with Crippen LogP contribution in [0.1, 0.15) is 90.4 Å². The molecular weight excluding hydrogens is 316 g/mol. The largest absolute Gasteiger partial charge is 0.465 e. The number of hydrogen-bond donors (Lipinski definition) is 2. The Morgan fingerprint density at radius 2 is 1.44 bits per heavy atom. The van der Waals surface area contributed by atoms with Crippen LogP contribution < -0.4 is 5.32 Å². The van der Waals surface area contributed by atoms with Gasteiger partial charge in [-0.25, -0.2) is 4.79 Å². The van der Waals surface area contributed by atoms with Crippen molar-refractivity contribution < 1.29 is 14.7 Å². The lowest BCUT2D eigenvalue weighted by atomic mass is 10.1. The van der Waals surface area contributed by atoms with E-state index in [1.165, 1.54) is 75.5 Å². The molecule has 0 saturated carbocycles. The minimum atomic E-state index is -0.920. The van der Waals surface area contributed by atoms with Gasteiger partial charge in [-0.05, 0) is 12.8 Å². The summed E-state index contributed by atoms with van der Waals surface area (Å²) < 4.78 is 0. The number of unbranched alkanes of at least 4 members (excludes halogenated alkanes) is 11. The molecule has 1 aliphatic rings. The molecule has 0 aliphatic carbocycles. The molecule has 146 valence electrons. The van der Waals surface area contributed by atoms with Gasteiger partial charge in [0.2, 0.25) is 5.91 Å². The first-order valence-corrected chi connectivity index (χ1v) is 10.4. The first-order chi connectivity index (χ1) is 12.1. The third-order valence-electron chi connectivity index (χ3n) is 5.16. The summed E-state index contributed by atoms with van der Waals surface area (Å²) in [5, 5.41) is 11.9. The van der Waals surface area contributed by atoms with E-state index in [4.69, 9.17) is 5.11 Å². The summed E-state index contributed by atoms with van der Waals surface area (Å²) >= 11 is 0. The molecule has 25 heavy (non-hydrogen) atoms. The topological polar surface area (TPSA) is 69.6 Å².